The van der Waals surface area contributed by atoms with Gasteiger partial charge in [-0.15, -0.1) is 19.6 Å². The lowest BCUT2D eigenvalue weighted by molar-refractivity contribution is -0.274. The maximum absolute atomic E-state index is 13.3. The Hall–Kier alpha value is -4.08. The summed E-state index contributed by atoms with van der Waals surface area (Å²) in [6, 6.07) is 5.12. The molecular formula is C21H15F6N5O2. The first-order valence-electron chi connectivity index (χ1n) is 9.44. The first-order chi connectivity index (χ1) is 15.9. The number of ether oxygens (including phenoxy) is 1. The molecule has 1 aromatic carbocycles. The number of carbonyl (C=O) groups is 1. The standard InChI is InChI=1S/C21H15F6N5O2/c1-3-8-31(13(2)18-29-12-30-32(18)17-6-4-5-7-28-17)19(33)14-9-15(20(22,23)24)11-16(10-14)34-21(25,26)27/h1,4-7,9-13H,8H2,2H3. The minimum absolute atomic E-state index is 0.150. The molecule has 34 heavy (non-hydrogen) atoms. The average molecular weight is 483 g/mol. The van der Waals surface area contributed by atoms with Gasteiger partial charge in [0.25, 0.3) is 5.91 Å². The summed E-state index contributed by atoms with van der Waals surface area (Å²) in [5.74, 6) is 0.458. The molecule has 1 atom stereocenters. The Morgan fingerprint density at radius 1 is 1.18 bits per heavy atom. The Bertz CT molecular complexity index is 1200. The van der Waals surface area contributed by atoms with Crippen LogP contribution in [0.3, 0.4) is 0 Å². The Labute approximate surface area is 189 Å². The summed E-state index contributed by atoms with van der Waals surface area (Å²) < 4.78 is 82.8. The van der Waals surface area contributed by atoms with Gasteiger partial charge in [-0.05, 0) is 37.3 Å². The van der Waals surface area contributed by atoms with E-state index >= 15 is 0 Å². The van der Waals surface area contributed by atoms with Crippen molar-refractivity contribution in [2.24, 2.45) is 0 Å². The van der Waals surface area contributed by atoms with E-state index in [1.807, 2.05) is 0 Å². The van der Waals surface area contributed by atoms with Crippen LogP contribution in [0.5, 0.6) is 5.75 Å². The van der Waals surface area contributed by atoms with E-state index in [0.717, 1.165) is 4.90 Å². The number of aromatic nitrogens is 4. The fourth-order valence-corrected chi connectivity index (χ4v) is 3.06. The minimum atomic E-state index is -5.27. The third-order valence-electron chi connectivity index (χ3n) is 4.52. The third-order valence-corrected chi connectivity index (χ3v) is 4.52. The van der Waals surface area contributed by atoms with Gasteiger partial charge in [0.05, 0.1) is 18.2 Å². The molecule has 1 unspecified atom stereocenters. The second-order valence-electron chi connectivity index (χ2n) is 6.82. The molecule has 3 rings (SSSR count). The Balaban J connectivity index is 2.03. The van der Waals surface area contributed by atoms with Crippen LogP contribution in [0, 0.1) is 12.3 Å². The molecule has 0 aliphatic heterocycles. The molecule has 3 aromatic rings. The molecule has 1 amide bonds. The fourth-order valence-electron chi connectivity index (χ4n) is 3.06. The molecule has 0 radical (unpaired) electrons. The lowest BCUT2D eigenvalue weighted by Gasteiger charge is -2.27. The lowest BCUT2D eigenvalue weighted by atomic mass is 10.1. The monoisotopic (exact) mass is 483 g/mol. The Morgan fingerprint density at radius 2 is 1.91 bits per heavy atom. The number of hydrogen-bond donors (Lipinski definition) is 0. The number of carbonyl (C=O) groups excluding carboxylic acids is 1. The van der Waals surface area contributed by atoms with Crippen molar-refractivity contribution >= 4 is 5.91 Å². The van der Waals surface area contributed by atoms with Crippen molar-refractivity contribution < 1.29 is 35.9 Å². The molecule has 13 heteroatoms. The number of amides is 1. The minimum Gasteiger partial charge on any atom is -0.406 e. The predicted octanol–water partition coefficient (Wildman–Crippen LogP) is 4.42. The molecule has 0 bridgehead atoms. The SMILES string of the molecule is C#CCN(C(=O)c1cc(OC(F)(F)F)cc(C(F)(F)F)c1)C(C)c1ncnn1-c1ccccn1. The van der Waals surface area contributed by atoms with Crippen LogP contribution in [0.2, 0.25) is 0 Å². The summed E-state index contributed by atoms with van der Waals surface area (Å²) in [7, 11) is 0. The third kappa shape index (κ3) is 5.64. The molecule has 7 nitrogen and oxygen atoms in total. The summed E-state index contributed by atoms with van der Waals surface area (Å²) in [6.07, 6.45) is -2.30. The van der Waals surface area contributed by atoms with E-state index in [9.17, 15) is 31.1 Å². The van der Waals surface area contributed by atoms with Crippen molar-refractivity contribution in [3.63, 3.8) is 0 Å². The van der Waals surface area contributed by atoms with Crippen LogP contribution in [0.1, 0.15) is 34.7 Å². The van der Waals surface area contributed by atoms with E-state index in [1.54, 1.807) is 18.2 Å². The van der Waals surface area contributed by atoms with Crippen LogP contribution in [0.25, 0.3) is 5.82 Å². The fraction of sp³-hybridized carbons (Fsp3) is 0.238. The summed E-state index contributed by atoms with van der Waals surface area (Å²) in [6.45, 7) is 1.10. The predicted molar refractivity (Wildman–Crippen MR) is 106 cm³/mol. The number of alkyl halides is 6. The van der Waals surface area contributed by atoms with Crippen LogP contribution in [-0.2, 0) is 6.18 Å². The quantitative estimate of drug-likeness (QED) is 0.384. The first kappa shape index (κ1) is 24.6. The number of terminal acetylenes is 1. The number of nitrogens with zero attached hydrogens (tertiary/aromatic N) is 5. The van der Waals surface area contributed by atoms with Gasteiger partial charge in [0.2, 0.25) is 0 Å². The Morgan fingerprint density at radius 3 is 2.50 bits per heavy atom. The van der Waals surface area contributed by atoms with Crippen molar-refractivity contribution in [3.8, 4) is 23.9 Å². The lowest BCUT2D eigenvalue weighted by Crippen LogP contribution is -2.35. The van der Waals surface area contributed by atoms with Crippen molar-refractivity contribution in [1.82, 2.24) is 24.6 Å². The van der Waals surface area contributed by atoms with Crippen LogP contribution in [0.4, 0.5) is 26.3 Å². The van der Waals surface area contributed by atoms with Crippen molar-refractivity contribution in [2.45, 2.75) is 25.5 Å². The van der Waals surface area contributed by atoms with E-state index in [2.05, 4.69) is 25.7 Å². The summed E-state index contributed by atoms with van der Waals surface area (Å²) in [5.41, 5.74) is -2.21. The van der Waals surface area contributed by atoms with Gasteiger partial charge in [0.1, 0.15) is 12.1 Å². The van der Waals surface area contributed by atoms with Gasteiger partial charge in [-0.2, -0.15) is 23.0 Å². The summed E-state index contributed by atoms with van der Waals surface area (Å²) >= 11 is 0. The first-order valence-corrected chi connectivity index (χ1v) is 9.44. The number of halogens is 6. The van der Waals surface area contributed by atoms with Crippen molar-refractivity contribution in [1.29, 1.82) is 0 Å². The van der Waals surface area contributed by atoms with Crippen LogP contribution in [-0.4, -0.2) is 43.5 Å². The van der Waals surface area contributed by atoms with Gasteiger partial charge >= 0.3 is 12.5 Å². The number of hydrogen-bond acceptors (Lipinski definition) is 5. The Kier molecular flexibility index (Phi) is 6.80. The molecule has 2 heterocycles. The summed E-state index contributed by atoms with van der Waals surface area (Å²) in [4.78, 5) is 22.4. The van der Waals surface area contributed by atoms with Crippen molar-refractivity contribution in [2.75, 3.05) is 6.54 Å². The van der Waals surface area contributed by atoms with E-state index in [0.29, 0.717) is 18.0 Å². The zero-order valence-electron chi connectivity index (χ0n) is 17.3. The van der Waals surface area contributed by atoms with Crippen LogP contribution in [0.15, 0.2) is 48.9 Å². The van der Waals surface area contributed by atoms with E-state index in [1.165, 1.54) is 24.1 Å². The van der Waals surface area contributed by atoms with E-state index in [4.69, 9.17) is 6.42 Å². The zero-order valence-corrected chi connectivity index (χ0v) is 17.3. The van der Waals surface area contributed by atoms with Gasteiger partial charge in [0.15, 0.2) is 11.6 Å². The number of pyridine rings is 1. The average Bonchev–Trinajstić information content (AvgIpc) is 3.25. The van der Waals surface area contributed by atoms with Gasteiger partial charge < -0.3 is 9.64 Å². The highest BCUT2D eigenvalue weighted by Gasteiger charge is 2.36. The van der Waals surface area contributed by atoms with Gasteiger partial charge in [-0.1, -0.05) is 12.0 Å². The van der Waals surface area contributed by atoms with Crippen molar-refractivity contribution in [3.05, 3.63) is 65.9 Å². The van der Waals surface area contributed by atoms with Crippen LogP contribution >= 0.6 is 0 Å². The molecule has 178 valence electrons. The molecule has 0 spiro atoms. The van der Waals surface area contributed by atoms with Crippen LogP contribution < -0.4 is 4.74 Å². The second-order valence-corrected chi connectivity index (χ2v) is 6.82. The highest BCUT2D eigenvalue weighted by molar-refractivity contribution is 5.95. The van der Waals surface area contributed by atoms with Gasteiger partial charge in [0, 0.05) is 11.8 Å². The zero-order chi connectivity index (χ0) is 25.1. The number of rotatable bonds is 6. The topological polar surface area (TPSA) is 73.1 Å². The molecular weight excluding hydrogens is 468 g/mol. The molecule has 0 aliphatic rings. The normalized spacial score (nSPS) is 12.6. The van der Waals surface area contributed by atoms with Gasteiger partial charge in [-0.3, -0.25) is 4.79 Å². The second kappa shape index (κ2) is 9.42. The molecule has 0 fully saturated rings. The molecule has 2 aromatic heterocycles. The smallest absolute Gasteiger partial charge is 0.406 e. The maximum Gasteiger partial charge on any atom is 0.573 e. The summed E-state index contributed by atoms with van der Waals surface area (Å²) in [5, 5.41) is 4.04. The molecule has 0 saturated heterocycles. The maximum atomic E-state index is 13.3. The number of benzene rings is 1. The molecule has 0 saturated carbocycles. The van der Waals surface area contributed by atoms with E-state index < -0.39 is 41.4 Å². The molecule has 0 aliphatic carbocycles. The van der Waals surface area contributed by atoms with E-state index in [-0.39, 0.29) is 18.4 Å². The van der Waals surface area contributed by atoms with Gasteiger partial charge in [-0.25, -0.2) is 9.97 Å². The molecule has 0 N–H and O–H groups in total. The highest BCUT2D eigenvalue weighted by atomic mass is 19.4. The highest BCUT2D eigenvalue weighted by Crippen LogP contribution is 2.35. The largest absolute Gasteiger partial charge is 0.573 e.